The summed E-state index contributed by atoms with van der Waals surface area (Å²) in [7, 11) is -3.77. The number of nitrogens with zero attached hydrogens (tertiary/aromatic N) is 1. The zero-order valence-electron chi connectivity index (χ0n) is 18.2. The van der Waals surface area contributed by atoms with Crippen LogP contribution in [-0.2, 0) is 30.8 Å². The molecule has 1 N–H and O–H groups in total. The fraction of sp³-hybridized carbons (Fsp3) is 0.391. The average molecular weight is 461 g/mol. The number of ether oxygens (including phenoxy) is 2. The summed E-state index contributed by atoms with van der Waals surface area (Å²) >= 11 is 0. The molecule has 32 heavy (non-hydrogen) atoms. The van der Waals surface area contributed by atoms with Crippen molar-refractivity contribution >= 4 is 21.9 Å². The summed E-state index contributed by atoms with van der Waals surface area (Å²) in [6.07, 6.45) is -0.691. The zero-order chi connectivity index (χ0) is 23.1. The van der Waals surface area contributed by atoms with Crippen molar-refractivity contribution in [3.63, 3.8) is 0 Å². The predicted octanol–water partition coefficient (Wildman–Crippen LogP) is 2.27. The van der Waals surface area contributed by atoms with Gasteiger partial charge in [-0.1, -0.05) is 43.3 Å². The van der Waals surface area contributed by atoms with E-state index in [0.717, 1.165) is 5.56 Å². The normalized spacial score (nSPS) is 15.7. The quantitative estimate of drug-likeness (QED) is 0.607. The monoisotopic (exact) mass is 460 g/mol. The van der Waals surface area contributed by atoms with Gasteiger partial charge in [-0.25, -0.2) is 13.2 Å². The van der Waals surface area contributed by atoms with Crippen LogP contribution in [0.4, 0.5) is 0 Å². The third-order valence-corrected chi connectivity index (χ3v) is 7.27. The molecular weight excluding hydrogens is 432 g/mol. The second kappa shape index (κ2) is 10.7. The van der Waals surface area contributed by atoms with Crippen LogP contribution in [0.1, 0.15) is 34.8 Å². The van der Waals surface area contributed by atoms with Crippen molar-refractivity contribution in [3.05, 3.63) is 65.2 Å². The molecule has 1 aliphatic rings. The minimum absolute atomic E-state index is 0.0513. The molecule has 1 aliphatic heterocycles. The smallest absolute Gasteiger partial charge is 0.338 e. The number of carbonyl (C=O) groups is 2. The molecular formula is C23H28N2O6S. The second-order valence-electron chi connectivity index (χ2n) is 7.50. The molecule has 2 aromatic rings. The van der Waals surface area contributed by atoms with Gasteiger partial charge in [-0.2, -0.15) is 4.31 Å². The SMILES string of the molecule is CCC(OC(=O)c1ccc(C)c(S(=O)(=O)N2CCOCC2)c1)C(=O)NCc1ccccc1. The van der Waals surface area contributed by atoms with E-state index in [1.165, 1.54) is 16.4 Å². The lowest BCUT2D eigenvalue weighted by Crippen LogP contribution is -2.41. The maximum atomic E-state index is 13.0. The summed E-state index contributed by atoms with van der Waals surface area (Å²) in [6, 6.07) is 13.8. The lowest BCUT2D eigenvalue weighted by molar-refractivity contribution is -0.130. The van der Waals surface area contributed by atoms with Crippen LogP contribution in [0.15, 0.2) is 53.4 Å². The number of benzene rings is 2. The third kappa shape index (κ3) is 5.73. The summed E-state index contributed by atoms with van der Waals surface area (Å²) in [5.74, 6) is -1.15. The van der Waals surface area contributed by atoms with E-state index in [2.05, 4.69) is 5.32 Å². The van der Waals surface area contributed by atoms with Gasteiger partial charge in [-0.3, -0.25) is 4.79 Å². The molecule has 0 radical (unpaired) electrons. The second-order valence-corrected chi connectivity index (χ2v) is 9.41. The fourth-order valence-electron chi connectivity index (χ4n) is 3.35. The lowest BCUT2D eigenvalue weighted by Gasteiger charge is -2.26. The standard InChI is InChI=1S/C23H28N2O6S/c1-3-20(22(26)24-16-18-7-5-4-6-8-18)31-23(27)19-10-9-17(2)21(15-19)32(28,29)25-11-13-30-14-12-25/h4-10,15,20H,3,11-14,16H2,1-2H3,(H,24,26). The van der Waals surface area contributed by atoms with Crippen LogP contribution in [0, 0.1) is 6.92 Å². The molecule has 0 aliphatic carbocycles. The Morgan fingerprint density at radius 1 is 1.12 bits per heavy atom. The van der Waals surface area contributed by atoms with Gasteiger partial charge in [0, 0.05) is 19.6 Å². The van der Waals surface area contributed by atoms with E-state index in [1.54, 1.807) is 19.9 Å². The van der Waals surface area contributed by atoms with Gasteiger partial charge in [0.15, 0.2) is 6.10 Å². The van der Waals surface area contributed by atoms with Crippen LogP contribution < -0.4 is 5.32 Å². The zero-order valence-corrected chi connectivity index (χ0v) is 19.1. The Labute approximate surface area is 188 Å². The number of nitrogens with one attached hydrogen (secondary N) is 1. The largest absolute Gasteiger partial charge is 0.449 e. The summed E-state index contributed by atoms with van der Waals surface area (Å²) in [6.45, 7) is 4.91. The summed E-state index contributed by atoms with van der Waals surface area (Å²) in [5.41, 5.74) is 1.54. The first-order valence-corrected chi connectivity index (χ1v) is 12.0. The Balaban J connectivity index is 1.71. The molecule has 1 fully saturated rings. The minimum atomic E-state index is -3.77. The number of hydrogen-bond donors (Lipinski definition) is 1. The molecule has 1 heterocycles. The highest BCUT2D eigenvalue weighted by Gasteiger charge is 2.29. The molecule has 1 amide bonds. The highest BCUT2D eigenvalue weighted by molar-refractivity contribution is 7.89. The van der Waals surface area contributed by atoms with Gasteiger partial charge >= 0.3 is 5.97 Å². The van der Waals surface area contributed by atoms with Crippen molar-refractivity contribution in [2.24, 2.45) is 0 Å². The van der Waals surface area contributed by atoms with Gasteiger partial charge in [0.05, 0.1) is 23.7 Å². The van der Waals surface area contributed by atoms with E-state index >= 15 is 0 Å². The van der Waals surface area contributed by atoms with Gasteiger partial charge < -0.3 is 14.8 Å². The molecule has 1 atom stereocenters. The van der Waals surface area contributed by atoms with E-state index in [0.29, 0.717) is 25.3 Å². The summed E-state index contributed by atoms with van der Waals surface area (Å²) < 4.78 is 38.1. The lowest BCUT2D eigenvalue weighted by atomic mass is 10.1. The van der Waals surface area contributed by atoms with Crippen LogP contribution in [-0.4, -0.2) is 57.0 Å². The van der Waals surface area contributed by atoms with Crippen molar-refractivity contribution in [1.82, 2.24) is 9.62 Å². The Kier molecular flexibility index (Phi) is 8.00. The van der Waals surface area contributed by atoms with E-state index in [1.807, 2.05) is 30.3 Å². The molecule has 0 spiro atoms. The number of morpholine rings is 1. The van der Waals surface area contributed by atoms with Crippen LogP contribution >= 0.6 is 0 Å². The van der Waals surface area contributed by atoms with Crippen molar-refractivity contribution in [2.75, 3.05) is 26.3 Å². The number of carbonyl (C=O) groups excluding carboxylic acids is 2. The molecule has 0 bridgehead atoms. The number of rotatable bonds is 8. The van der Waals surface area contributed by atoms with E-state index in [-0.39, 0.29) is 30.0 Å². The first kappa shape index (κ1) is 23.9. The van der Waals surface area contributed by atoms with Crippen molar-refractivity contribution in [2.45, 2.75) is 37.8 Å². The van der Waals surface area contributed by atoms with E-state index in [4.69, 9.17) is 9.47 Å². The summed E-state index contributed by atoms with van der Waals surface area (Å²) in [4.78, 5) is 25.3. The fourth-order valence-corrected chi connectivity index (χ4v) is 5.01. The molecule has 0 saturated carbocycles. The molecule has 8 nitrogen and oxygen atoms in total. The van der Waals surface area contributed by atoms with Gasteiger partial charge in [0.25, 0.3) is 5.91 Å². The third-order valence-electron chi connectivity index (χ3n) is 5.23. The van der Waals surface area contributed by atoms with Crippen LogP contribution in [0.5, 0.6) is 0 Å². The molecule has 3 rings (SSSR count). The van der Waals surface area contributed by atoms with Gasteiger partial charge in [-0.05, 0) is 36.6 Å². The minimum Gasteiger partial charge on any atom is -0.449 e. The number of aryl methyl sites for hydroxylation is 1. The molecule has 1 unspecified atom stereocenters. The molecule has 0 aromatic heterocycles. The Morgan fingerprint density at radius 2 is 1.81 bits per heavy atom. The highest BCUT2D eigenvalue weighted by Crippen LogP contribution is 2.23. The van der Waals surface area contributed by atoms with E-state index in [9.17, 15) is 18.0 Å². The predicted molar refractivity (Wildman–Crippen MR) is 119 cm³/mol. The van der Waals surface area contributed by atoms with Crippen molar-refractivity contribution in [3.8, 4) is 0 Å². The maximum Gasteiger partial charge on any atom is 0.338 e. The van der Waals surface area contributed by atoms with E-state index < -0.39 is 28.0 Å². The van der Waals surface area contributed by atoms with Crippen LogP contribution in [0.2, 0.25) is 0 Å². The number of sulfonamides is 1. The topological polar surface area (TPSA) is 102 Å². The van der Waals surface area contributed by atoms with Gasteiger partial charge in [0.2, 0.25) is 10.0 Å². The number of esters is 1. The Hall–Kier alpha value is -2.75. The number of amides is 1. The number of hydrogen-bond acceptors (Lipinski definition) is 6. The van der Waals surface area contributed by atoms with Crippen molar-refractivity contribution in [1.29, 1.82) is 0 Å². The Morgan fingerprint density at radius 3 is 2.47 bits per heavy atom. The van der Waals surface area contributed by atoms with Crippen LogP contribution in [0.25, 0.3) is 0 Å². The first-order valence-electron chi connectivity index (χ1n) is 10.5. The van der Waals surface area contributed by atoms with Gasteiger partial charge in [-0.15, -0.1) is 0 Å². The molecule has 9 heteroatoms. The molecule has 2 aromatic carbocycles. The maximum absolute atomic E-state index is 13.0. The van der Waals surface area contributed by atoms with Gasteiger partial charge in [0.1, 0.15) is 0 Å². The molecule has 1 saturated heterocycles. The Bertz CT molecular complexity index is 1050. The average Bonchev–Trinajstić information content (AvgIpc) is 2.82. The van der Waals surface area contributed by atoms with Crippen LogP contribution in [0.3, 0.4) is 0 Å². The van der Waals surface area contributed by atoms with Crippen molar-refractivity contribution < 1.29 is 27.5 Å². The summed E-state index contributed by atoms with van der Waals surface area (Å²) in [5, 5.41) is 2.76. The molecule has 172 valence electrons. The first-order chi connectivity index (χ1) is 15.3. The highest BCUT2D eigenvalue weighted by atomic mass is 32.2.